The van der Waals surface area contributed by atoms with E-state index in [1.165, 1.54) is 5.56 Å². The largest absolute Gasteiger partial charge is 0.338 e. The molecule has 1 spiro atoms. The van der Waals surface area contributed by atoms with Crippen molar-refractivity contribution in [1.29, 1.82) is 0 Å². The molecular formula is C24H29N3O2. The van der Waals surface area contributed by atoms with Gasteiger partial charge in [-0.05, 0) is 48.8 Å². The quantitative estimate of drug-likeness (QED) is 0.841. The Morgan fingerprint density at radius 1 is 1.00 bits per heavy atom. The second kappa shape index (κ2) is 8.27. The van der Waals surface area contributed by atoms with Gasteiger partial charge in [-0.1, -0.05) is 48.5 Å². The summed E-state index contributed by atoms with van der Waals surface area (Å²) in [6.45, 7) is 4.96. The van der Waals surface area contributed by atoms with Crippen LogP contribution in [0, 0.1) is 12.3 Å². The Hall–Kier alpha value is -2.82. The van der Waals surface area contributed by atoms with E-state index in [1.807, 2.05) is 59.2 Å². The van der Waals surface area contributed by atoms with Crippen LogP contribution in [0.3, 0.4) is 0 Å². The first-order valence-electron chi connectivity index (χ1n) is 10.5. The van der Waals surface area contributed by atoms with Gasteiger partial charge in [0, 0.05) is 38.3 Å². The minimum absolute atomic E-state index is 0.0258. The van der Waals surface area contributed by atoms with E-state index in [0.29, 0.717) is 13.0 Å². The number of aryl methyl sites for hydroxylation is 1. The number of hydrogen-bond acceptors (Lipinski definition) is 2. The monoisotopic (exact) mass is 391 g/mol. The summed E-state index contributed by atoms with van der Waals surface area (Å²) >= 11 is 0. The Kier molecular flexibility index (Phi) is 5.56. The van der Waals surface area contributed by atoms with Crippen molar-refractivity contribution >= 4 is 17.6 Å². The number of amides is 3. The maximum Gasteiger partial charge on any atom is 0.321 e. The minimum atomic E-state index is -0.0258. The topological polar surface area (TPSA) is 52.7 Å². The third kappa shape index (κ3) is 4.44. The molecule has 0 saturated carbocycles. The molecule has 2 aromatic rings. The van der Waals surface area contributed by atoms with Crippen molar-refractivity contribution < 1.29 is 9.59 Å². The standard InChI is InChI=1S/C24H29N3O2/c1-19-7-5-6-10-21(19)25-23(29)26-15-13-24(14-16-26)12-11-22(28)27(18-24)17-20-8-3-2-4-9-20/h2-10H,11-18H2,1H3,(H,25,29). The summed E-state index contributed by atoms with van der Waals surface area (Å²) in [5, 5.41) is 3.04. The Morgan fingerprint density at radius 3 is 2.41 bits per heavy atom. The summed E-state index contributed by atoms with van der Waals surface area (Å²) in [4.78, 5) is 29.1. The first-order chi connectivity index (χ1) is 14.0. The molecule has 4 rings (SSSR count). The average molecular weight is 392 g/mol. The number of hydrogen-bond donors (Lipinski definition) is 1. The fourth-order valence-electron chi connectivity index (χ4n) is 4.55. The maximum absolute atomic E-state index is 12.7. The minimum Gasteiger partial charge on any atom is -0.338 e. The number of urea groups is 1. The van der Waals surface area contributed by atoms with Crippen LogP contribution in [0.15, 0.2) is 54.6 Å². The summed E-state index contributed by atoms with van der Waals surface area (Å²) < 4.78 is 0. The van der Waals surface area contributed by atoms with Crippen molar-refractivity contribution in [3.05, 3.63) is 65.7 Å². The van der Waals surface area contributed by atoms with Crippen molar-refractivity contribution in [2.24, 2.45) is 5.41 Å². The molecule has 2 saturated heterocycles. The van der Waals surface area contributed by atoms with Gasteiger partial charge in [0.25, 0.3) is 0 Å². The first kappa shape index (κ1) is 19.5. The third-order valence-corrected chi connectivity index (χ3v) is 6.46. The van der Waals surface area contributed by atoms with Crippen LogP contribution in [0.25, 0.3) is 0 Å². The molecule has 0 radical (unpaired) electrons. The van der Waals surface area contributed by atoms with Crippen LogP contribution in [0.5, 0.6) is 0 Å². The number of rotatable bonds is 3. The Labute approximate surface area is 172 Å². The average Bonchev–Trinajstić information content (AvgIpc) is 2.74. The number of para-hydroxylation sites is 1. The van der Waals surface area contributed by atoms with Crippen molar-refractivity contribution in [2.45, 2.75) is 39.2 Å². The summed E-state index contributed by atoms with van der Waals surface area (Å²) in [5.41, 5.74) is 3.25. The highest BCUT2D eigenvalue weighted by molar-refractivity contribution is 5.90. The van der Waals surface area contributed by atoms with E-state index < -0.39 is 0 Å². The zero-order valence-electron chi connectivity index (χ0n) is 17.1. The molecule has 2 aliphatic rings. The van der Waals surface area contributed by atoms with Gasteiger partial charge in [-0.15, -0.1) is 0 Å². The molecule has 0 aliphatic carbocycles. The molecule has 3 amide bonds. The molecule has 2 heterocycles. The number of likely N-dealkylation sites (tertiary alicyclic amines) is 2. The molecule has 1 N–H and O–H groups in total. The second-order valence-corrected chi connectivity index (χ2v) is 8.47. The van der Waals surface area contributed by atoms with E-state index >= 15 is 0 Å². The van der Waals surface area contributed by atoms with Gasteiger partial charge < -0.3 is 15.1 Å². The van der Waals surface area contributed by atoms with Crippen LogP contribution in [0.4, 0.5) is 10.5 Å². The Balaban J connectivity index is 1.36. The van der Waals surface area contributed by atoms with Gasteiger partial charge in [-0.3, -0.25) is 4.79 Å². The van der Waals surface area contributed by atoms with E-state index in [1.54, 1.807) is 0 Å². The lowest BCUT2D eigenvalue weighted by Gasteiger charge is -2.47. The van der Waals surface area contributed by atoms with Crippen molar-refractivity contribution in [2.75, 3.05) is 25.0 Å². The predicted molar refractivity (Wildman–Crippen MR) is 115 cm³/mol. The molecule has 2 aliphatic heterocycles. The number of nitrogens with zero attached hydrogens (tertiary/aromatic N) is 2. The second-order valence-electron chi connectivity index (χ2n) is 8.47. The van der Waals surface area contributed by atoms with Crippen LogP contribution < -0.4 is 5.32 Å². The van der Waals surface area contributed by atoms with E-state index in [4.69, 9.17) is 0 Å². The van der Waals surface area contributed by atoms with Gasteiger partial charge in [-0.2, -0.15) is 0 Å². The number of benzene rings is 2. The number of carbonyl (C=O) groups is 2. The molecule has 2 aromatic carbocycles. The van der Waals surface area contributed by atoms with Gasteiger partial charge in [0.05, 0.1) is 0 Å². The van der Waals surface area contributed by atoms with Gasteiger partial charge in [0.2, 0.25) is 5.91 Å². The lowest BCUT2D eigenvalue weighted by molar-refractivity contribution is -0.139. The summed E-state index contributed by atoms with van der Waals surface area (Å²) in [6.07, 6.45) is 3.45. The highest BCUT2D eigenvalue weighted by atomic mass is 16.2. The molecular weight excluding hydrogens is 362 g/mol. The molecule has 0 aromatic heterocycles. The lowest BCUT2D eigenvalue weighted by Crippen LogP contribution is -2.52. The lowest BCUT2D eigenvalue weighted by atomic mass is 9.72. The molecule has 0 bridgehead atoms. The Bertz CT molecular complexity index is 873. The van der Waals surface area contributed by atoms with E-state index in [-0.39, 0.29) is 17.4 Å². The summed E-state index contributed by atoms with van der Waals surface area (Å²) in [5.74, 6) is 0.249. The molecule has 5 heteroatoms. The summed E-state index contributed by atoms with van der Waals surface area (Å²) in [6, 6.07) is 18.0. The van der Waals surface area contributed by atoms with Crippen LogP contribution in [-0.2, 0) is 11.3 Å². The highest BCUT2D eigenvalue weighted by Gasteiger charge is 2.41. The van der Waals surface area contributed by atoms with E-state index in [0.717, 1.165) is 50.1 Å². The fraction of sp³-hybridized carbons (Fsp3) is 0.417. The number of piperidine rings is 2. The smallest absolute Gasteiger partial charge is 0.321 e. The molecule has 0 atom stereocenters. The van der Waals surface area contributed by atoms with Crippen molar-refractivity contribution in [3.8, 4) is 0 Å². The van der Waals surface area contributed by atoms with Crippen LogP contribution in [0.1, 0.15) is 36.8 Å². The van der Waals surface area contributed by atoms with Crippen LogP contribution >= 0.6 is 0 Å². The number of carbonyl (C=O) groups excluding carboxylic acids is 2. The van der Waals surface area contributed by atoms with Crippen molar-refractivity contribution in [3.63, 3.8) is 0 Å². The zero-order chi connectivity index (χ0) is 20.3. The zero-order valence-corrected chi connectivity index (χ0v) is 17.1. The van der Waals surface area contributed by atoms with Crippen LogP contribution in [0.2, 0.25) is 0 Å². The maximum atomic E-state index is 12.7. The van der Waals surface area contributed by atoms with Gasteiger partial charge in [0.15, 0.2) is 0 Å². The number of anilines is 1. The van der Waals surface area contributed by atoms with E-state index in [9.17, 15) is 9.59 Å². The van der Waals surface area contributed by atoms with Gasteiger partial charge in [0.1, 0.15) is 0 Å². The normalized spacial score (nSPS) is 18.7. The predicted octanol–water partition coefficient (Wildman–Crippen LogP) is 4.43. The van der Waals surface area contributed by atoms with Gasteiger partial charge in [-0.25, -0.2) is 4.79 Å². The molecule has 2 fully saturated rings. The summed E-state index contributed by atoms with van der Waals surface area (Å²) in [7, 11) is 0. The van der Waals surface area contributed by atoms with Gasteiger partial charge >= 0.3 is 6.03 Å². The highest BCUT2D eigenvalue weighted by Crippen LogP contribution is 2.40. The fourth-order valence-corrected chi connectivity index (χ4v) is 4.55. The molecule has 29 heavy (non-hydrogen) atoms. The SMILES string of the molecule is Cc1ccccc1NC(=O)N1CCC2(CCC(=O)N(Cc3ccccc3)C2)CC1. The first-order valence-corrected chi connectivity index (χ1v) is 10.5. The van der Waals surface area contributed by atoms with E-state index in [2.05, 4.69) is 17.4 Å². The number of nitrogens with one attached hydrogen (secondary N) is 1. The van der Waals surface area contributed by atoms with Crippen LogP contribution in [-0.4, -0.2) is 41.4 Å². The molecule has 0 unspecified atom stereocenters. The Morgan fingerprint density at radius 2 is 1.69 bits per heavy atom. The molecule has 5 nitrogen and oxygen atoms in total. The van der Waals surface area contributed by atoms with Crippen molar-refractivity contribution in [1.82, 2.24) is 9.80 Å². The third-order valence-electron chi connectivity index (χ3n) is 6.46. The molecule has 152 valence electrons.